The molecule has 0 aromatic heterocycles. The normalized spacial score (nSPS) is 11.2. The fourth-order valence-corrected chi connectivity index (χ4v) is 1.69. The lowest BCUT2D eigenvalue weighted by Crippen LogP contribution is -2.29. The number of aliphatic hydroxyl groups excluding tert-OH is 2. The highest BCUT2D eigenvalue weighted by Crippen LogP contribution is 1.90. The van der Waals surface area contributed by atoms with Crippen molar-refractivity contribution in [2.75, 3.05) is 38.6 Å². The number of aliphatic hydroxyl groups is 2. The lowest BCUT2D eigenvalue weighted by Gasteiger charge is -2.16. The summed E-state index contributed by atoms with van der Waals surface area (Å²) in [7, 11) is -3.69. The molecule has 0 atom stereocenters. The van der Waals surface area contributed by atoms with Gasteiger partial charge in [0.1, 0.15) is 0 Å². The molecule has 0 aromatic rings. The van der Waals surface area contributed by atoms with E-state index in [-0.39, 0.29) is 19.0 Å². The van der Waals surface area contributed by atoms with Crippen LogP contribution in [-0.4, -0.2) is 66.7 Å². The molecular formula is C10H25NO5S. The first-order valence-corrected chi connectivity index (χ1v) is 7.41. The summed E-state index contributed by atoms with van der Waals surface area (Å²) in [6.45, 7) is 6.44. The molecule has 6 nitrogen and oxygen atoms in total. The highest BCUT2D eigenvalue weighted by atomic mass is 32.2. The molecule has 0 radical (unpaired) electrons. The Morgan fingerprint density at radius 1 is 1.06 bits per heavy atom. The molecule has 0 saturated carbocycles. The molecule has 0 aliphatic heterocycles. The molecule has 0 fully saturated rings. The highest BCUT2D eigenvalue weighted by molar-refractivity contribution is 7.85. The fraction of sp³-hybridized carbons (Fsp3) is 1.00. The van der Waals surface area contributed by atoms with E-state index < -0.39 is 10.1 Å². The van der Waals surface area contributed by atoms with Crippen LogP contribution in [-0.2, 0) is 10.1 Å². The monoisotopic (exact) mass is 271 g/mol. The SMILES string of the molecule is CCCCS(=O)(=O)O.CCN(CCO)CCO. The van der Waals surface area contributed by atoms with Gasteiger partial charge in [-0.2, -0.15) is 8.42 Å². The maximum absolute atomic E-state index is 9.95. The number of likely N-dealkylation sites (N-methyl/N-ethyl adjacent to an activating group) is 1. The number of nitrogens with zero attached hydrogens (tertiary/aromatic N) is 1. The van der Waals surface area contributed by atoms with Crippen LogP contribution < -0.4 is 0 Å². The minimum atomic E-state index is -3.69. The summed E-state index contributed by atoms with van der Waals surface area (Å²) in [5.74, 6) is -0.108. The first-order chi connectivity index (χ1) is 7.91. The van der Waals surface area contributed by atoms with Crippen LogP contribution in [0, 0.1) is 0 Å². The standard InChI is InChI=1S/C6H15NO2.C4H10O3S/c1-2-7(3-5-8)4-6-9;1-2-3-4-8(5,6)7/h8-9H,2-6H2,1H3;2-4H2,1H3,(H,5,6,7). The van der Waals surface area contributed by atoms with Crippen LogP contribution in [0.3, 0.4) is 0 Å². The van der Waals surface area contributed by atoms with E-state index in [0.717, 1.165) is 13.0 Å². The van der Waals surface area contributed by atoms with Crippen LogP contribution in [0.15, 0.2) is 0 Å². The van der Waals surface area contributed by atoms with Gasteiger partial charge in [-0.1, -0.05) is 20.3 Å². The van der Waals surface area contributed by atoms with Crippen molar-refractivity contribution in [3.8, 4) is 0 Å². The van der Waals surface area contributed by atoms with Crippen molar-refractivity contribution in [3.05, 3.63) is 0 Å². The molecule has 0 unspecified atom stereocenters. The van der Waals surface area contributed by atoms with Gasteiger partial charge in [0.15, 0.2) is 0 Å². The van der Waals surface area contributed by atoms with Gasteiger partial charge in [0.2, 0.25) is 0 Å². The van der Waals surface area contributed by atoms with Crippen LogP contribution in [0.1, 0.15) is 26.7 Å². The molecule has 3 N–H and O–H groups in total. The highest BCUT2D eigenvalue weighted by Gasteiger charge is 2.00. The van der Waals surface area contributed by atoms with Gasteiger partial charge in [-0.15, -0.1) is 0 Å². The topological polar surface area (TPSA) is 98.1 Å². The lowest BCUT2D eigenvalue weighted by atomic mass is 10.4. The van der Waals surface area contributed by atoms with Crippen molar-refractivity contribution >= 4 is 10.1 Å². The summed E-state index contributed by atoms with van der Waals surface area (Å²) in [5, 5.41) is 16.9. The van der Waals surface area contributed by atoms with Crippen molar-refractivity contribution in [3.63, 3.8) is 0 Å². The van der Waals surface area contributed by atoms with Crippen molar-refractivity contribution in [2.24, 2.45) is 0 Å². The smallest absolute Gasteiger partial charge is 0.264 e. The van der Waals surface area contributed by atoms with Crippen LogP contribution >= 0.6 is 0 Å². The summed E-state index contributed by atoms with van der Waals surface area (Å²) in [6, 6.07) is 0. The zero-order chi connectivity index (χ0) is 13.7. The van der Waals surface area contributed by atoms with Gasteiger partial charge in [0.25, 0.3) is 10.1 Å². The van der Waals surface area contributed by atoms with E-state index in [2.05, 4.69) is 0 Å². The van der Waals surface area contributed by atoms with Crippen LogP contribution in [0.4, 0.5) is 0 Å². The Morgan fingerprint density at radius 2 is 1.53 bits per heavy atom. The second-order valence-corrected chi connectivity index (χ2v) is 5.09. The van der Waals surface area contributed by atoms with Gasteiger partial charge in [-0.05, 0) is 13.0 Å². The van der Waals surface area contributed by atoms with E-state index in [1.807, 2.05) is 18.7 Å². The average molecular weight is 271 g/mol. The summed E-state index contributed by atoms with van der Waals surface area (Å²) in [4.78, 5) is 1.99. The minimum absolute atomic E-state index is 0.108. The Bertz CT molecular complexity index is 237. The number of hydrogen-bond donors (Lipinski definition) is 3. The number of rotatable bonds is 8. The Morgan fingerprint density at radius 3 is 1.71 bits per heavy atom. The minimum Gasteiger partial charge on any atom is -0.395 e. The molecule has 0 aromatic carbocycles. The molecule has 0 aliphatic carbocycles. The second kappa shape index (κ2) is 12.3. The molecule has 0 spiro atoms. The van der Waals surface area contributed by atoms with Crippen LogP contribution in [0.5, 0.6) is 0 Å². The average Bonchev–Trinajstić information content (AvgIpc) is 2.26. The molecule has 0 aliphatic rings. The zero-order valence-corrected chi connectivity index (χ0v) is 11.5. The molecule has 17 heavy (non-hydrogen) atoms. The third-order valence-electron chi connectivity index (χ3n) is 2.04. The van der Waals surface area contributed by atoms with E-state index >= 15 is 0 Å². The third-order valence-corrected chi connectivity index (χ3v) is 2.84. The molecule has 0 heterocycles. The van der Waals surface area contributed by atoms with Crippen LogP contribution in [0.25, 0.3) is 0 Å². The van der Waals surface area contributed by atoms with Gasteiger partial charge >= 0.3 is 0 Å². The predicted octanol–water partition coefficient (Wildman–Crippen LogP) is -0.0328. The van der Waals surface area contributed by atoms with Gasteiger partial charge < -0.3 is 10.2 Å². The second-order valence-electron chi connectivity index (χ2n) is 3.52. The summed E-state index contributed by atoms with van der Waals surface area (Å²) >= 11 is 0. The quantitative estimate of drug-likeness (QED) is 0.536. The molecular weight excluding hydrogens is 246 g/mol. The van der Waals surface area contributed by atoms with E-state index in [0.29, 0.717) is 19.5 Å². The Kier molecular flexibility index (Phi) is 13.8. The van der Waals surface area contributed by atoms with Crippen molar-refractivity contribution in [1.82, 2.24) is 4.90 Å². The maximum Gasteiger partial charge on any atom is 0.264 e. The molecule has 0 bridgehead atoms. The molecule has 0 saturated heterocycles. The Hall–Kier alpha value is -0.210. The first kappa shape index (κ1) is 19.1. The van der Waals surface area contributed by atoms with Crippen molar-refractivity contribution in [1.29, 1.82) is 0 Å². The summed E-state index contributed by atoms with van der Waals surface area (Å²) < 4.78 is 28.0. The van der Waals surface area contributed by atoms with Crippen LogP contribution in [0.2, 0.25) is 0 Å². The van der Waals surface area contributed by atoms with Gasteiger partial charge in [-0.25, -0.2) is 0 Å². The van der Waals surface area contributed by atoms with Gasteiger partial charge in [0, 0.05) is 13.1 Å². The van der Waals surface area contributed by atoms with Crippen molar-refractivity contribution < 1.29 is 23.2 Å². The number of hydrogen-bond acceptors (Lipinski definition) is 5. The largest absolute Gasteiger partial charge is 0.395 e. The summed E-state index contributed by atoms with van der Waals surface area (Å²) in [6.07, 6.45) is 1.33. The number of unbranched alkanes of at least 4 members (excludes halogenated alkanes) is 1. The lowest BCUT2D eigenvalue weighted by molar-refractivity contribution is 0.166. The van der Waals surface area contributed by atoms with Crippen molar-refractivity contribution in [2.45, 2.75) is 26.7 Å². The predicted molar refractivity (Wildman–Crippen MR) is 67.6 cm³/mol. The third kappa shape index (κ3) is 18.4. The fourth-order valence-electron chi connectivity index (χ4n) is 1.04. The Balaban J connectivity index is 0. The molecule has 0 amide bonds. The van der Waals surface area contributed by atoms with E-state index in [1.54, 1.807) is 0 Å². The van der Waals surface area contributed by atoms with Gasteiger partial charge in [-0.3, -0.25) is 9.45 Å². The maximum atomic E-state index is 9.95. The Labute approximate surface area is 104 Å². The zero-order valence-electron chi connectivity index (χ0n) is 10.7. The summed E-state index contributed by atoms with van der Waals surface area (Å²) in [5.41, 5.74) is 0. The molecule has 106 valence electrons. The molecule has 7 heteroatoms. The van der Waals surface area contributed by atoms with Gasteiger partial charge in [0.05, 0.1) is 19.0 Å². The first-order valence-electron chi connectivity index (χ1n) is 5.80. The van der Waals surface area contributed by atoms with E-state index in [1.165, 1.54) is 0 Å². The van der Waals surface area contributed by atoms with E-state index in [9.17, 15) is 8.42 Å². The molecule has 0 rings (SSSR count). The van der Waals surface area contributed by atoms with E-state index in [4.69, 9.17) is 14.8 Å².